The van der Waals surface area contributed by atoms with Crippen LogP contribution in [0.3, 0.4) is 0 Å². The van der Waals surface area contributed by atoms with Crippen LogP contribution in [-0.2, 0) is 16.0 Å². The van der Waals surface area contributed by atoms with E-state index in [2.05, 4.69) is 10.3 Å². The number of amides is 2. The molecule has 1 aliphatic rings. The number of aromatic nitrogens is 1. The maximum absolute atomic E-state index is 13.4. The van der Waals surface area contributed by atoms with E-state index in [0.717, 1.165) is 6.20 Å². The number of hydrogen-bond acceptors (Lipinski definition) is 4. The van der Waals surface area contributed by atoms with Crippen LogP contribution >= 0.6 is 0 Å². The van der Waals surface area contributed by atoms with Crippen LogP contribution in [0.2, 0.25) is 0 Å². The summed E-state index contributed by atoms with van der Waals surface area (Å²) in [5.41, 5.74) is -0.836. The highest BCUT2D eigenvalue weighted by Crippen LogP contribution is 2.33. The molecule has 0 spiro atoms. The molecule has 3 heterocycles. The van der Waals surface area contributed by atoms with Gasteiger partial charge in [0.25, 0.3) is 0 Å². The van der Waals surface area contributed by atoms with Crippen LogP contribution in [0.5, 0.6) is 0 Å². The minimum absolute atomic E-state index is 0.136. The molecule has 2 aromatic heterocycles. The zero-order valence-electron chi connectivity index (χ0n) is 15.0. The molecule has 0 saturated carbocycles. The summed E-state index contributed by atoms with van der Waals surface area (Å²) in [7, 11) is 0. The summed E-state index contributed by atoms with van der Waals surface area (Å²) in [5.74, 6) is -0.243. The normalized spacial score (nSPS) is 20.6. The fourth-order valence-electron chi connectivity index (χ4n) is 3.42. The summed E-state index contributed by atoms with van der Waals surface area (Å²) in [6.07, 6.45) is 0.532. The molecular formula is C19H20F3N3O3. The topological polar surface area (TPSA) is 84.2 Å². The average Bonchev–Trinajstić information content (AvgIpc) is 3.28. The molecule has 2 N–H and O–H groups in total. The third-order valence-electron chi connectivity index (χ3n) is 4.81. The Bertz CT molecular complexity index is 809. The summed E-state index contributed by atoms with van der Waals surface area (Å²) in [4.78, 5) is 27.7. The molecule has 1 aliphatic heterocycles. The van der Waals surface area contributed by atoms with E-state index >= 15 is 0 Å². The Labute approximate surface area is 159 Å². The van der Waals surface area contributed by atoms with Gasteiger partial charge in [0.1, 0.15) is 5.76 Å². The van der Waals surface area contributed by atoms with Gasteiger partial charge in [-0.2, -0.15) is 13.2 Å². The molecule has 2 amide bonds. The predicted molar refractivity (Wildman–Crippen MR) is 92.9 cm³/mol. The van der Waals surface area contributed by atoms with Crippen LogP contribution in [0.1, 0.15) is 43.0 Å². The second-order valence-electron chi connectivity index (χ2n) is 6.91. The molecule has 0 bridgehead atoms. The van der Waals surface area contributed by atoms with Gasteiger partial charge in [-0.3, -0.25) is 14.6 Å². The zero-order chi connectivity index (χ0) is 20.2. The van der Waals surface area contributed by atoms with Gasteiger partial charge in [0.15, 0.2) is 6.04 Å². The molecular weight excluding hydrogens is 375 g/mol. The summed E-state index contributed by atoms with van der Waals surface area (Å²) in [6, 6.07) is 3.99. The molecule has 9 heteroatoms. The fourth-order valence-corrected chi connectivity index (χ4v) is 3.42. The van der Waals surface area contributed by atoms with Gasteiger partial charge < -0.3 is 15.1 Å². The first-order valence-corrected chi connectivity index (χ1v) is 8.87. The number of carbonyl (C=O) groups is 2. The number of nitrogens with one attached hydrogen (secondary N) is 2. The second kappa shape index (κ2) is 8.04. The molecule has 28 heavy (non-hydrogen) atoms. The molecule has 2 aromatic rings. The lowest BCUT2D eigenvalue weighted by atomic mass is 9.87. The highest BCUT2D eigenvalue weighted by atomic mass is 19.4. The summed E-state index contributed by atoms with van der Waals surface area (Å²) < 4.78 is 45.4. The standard InChI is InChI=1S/C19H20F3N3O3/c20-19(21,22)17(13-3-1-9-23-12-13)24-15(26)5-7-18(8-6-16(27)25-18)11-14-4-2-10-28-14/h1-4,9-10,12,17H,5-8,11H2,(H,24,26)(H,25,27)/t17-,18-/m0/s1. The molecule has 1 saturated heterocycles. The first-order chi connectivity index (χ1) is 13.3. The van der Waals surface area contributed by atoms with E-state index in [1.165, 1.54) is 24.6 Å². The van der Waals surface area contributed by atoms with Gasteiger partial charge in [-0.1, -0.05) is 6.07 Å². The Morgan fingerprint density at radius 3 is 2.75 bits per heavy atom. The molecule has 6 nitrogen and oxygen atoms in total. The van der Waals surface area contributed by atoms with Crippen molar-refractivity contribution in [2.24, 2.45) is 0 Å². The summed E-state index contributed by atoms with van der Waals surface area (Å²) in [5, 5.41) is 4.91. The van der Waals surface area contributed by atoms with Crippen LogP contribution in [-0.4, -0.2) is 28.5 Å². The minimum Gasteiger partial charge on any atom is -0.469 e. The van der Waals surface area contributed by atoms with E-state index in [0.29, 0.717) is 25.0 Å². The molecule has 0 radical (unpaired) electrons. The van der Waals surface area contributed by atoms with Gasteiger partial charge in [0.2, 0.25) is 11.8 Å². The van der Waals surface area contributed by atoms with Crippen molar-refractivity contribution in [2.75, 3.05) is 0 Å². The summed E-state index contributed by atoms with van der Waals surface area (Å²) >= 11 is 0. The van der Waals surface area contributed by atoms with E-state index in [1.54, 1.807) is 12.1 Å². The highest BCUT2D eigenvalue weighted by molar-refractivity contribution is 5.80. The van der Waals surface area contributed by atoms with Crippen molar-refractivity contribution in [3.8, 4) is 0 Å². The van der Waals surface area contributed by atoms with E-state index < -0.39 is 23.7 Å². The van der Waals surface area contributed by atoms with Gasteiger partial charge >= 0.3 is 6.18 Å². The van der Waals surface area contributed by atoms with Gasteiger partial charge in [0.05, 0.1) is 6.26 Å². The van der Waals surface area contributed by atoms with Crippen LogP contribution in [0, 0.1) is 0 Å². The van der Waals surface area contributed by atoms with Crippen LogP contribution in [0.4, 0.5) is 13.2 Å². The SMILES string of the molecule is O=C(CC[C@@]1(Cc2ccco2)CCC(=O)N1)N[C@@H](c1cccnc1)C(F)(F)F. The van der Waals surface area contributed by atoms with E-state index in [1.807, 2.05) is 5.32 Å². The first-order valence-electron chi connectivity index (χ1n) is 8.87. The van der Waals surface area contributed by atoms with Crippen molar-refractivity contribution >= 4 is 11.8 Å². The van der Waals surface area contributed by atoms with Crippen LogP contribution in [0.15, 0.2) is 47.3 Å². The Morgan fingerprint density at radius 1 is 1.36 bits per heavy atom. The molecule has 0 aromatic carbocycles. The number of nitrogens with zero attached hydrogens (tertiary/aromatic N) is 1. The third-order valence-corrected chi connectivity index (χ3v) is 4.81. The van der Waals surface area contributed by atoms with Crippen molar-refractivity contribution in [2.45, 2.75) is 49.9 Å². The number of halogens is 3. The lowest BCUT2D eigenvalue weighted by Gasteiger charge is -2.29. The van der Waals surface area contributed by atoms with Crippen molar-refractivity contribution in [1.29, 1.82) is 0 Å². The van der Waals surface area contributed by atoms with Crippen molar-refractivity contribution in [1.82, 2.24) is 15.6 Å². The van der Waals surface area contributed by atoms with Crippen LogP contribution in [0.25, 0.3) is 0 Å². The lowest BCUT2D eigenvalue weighted by molar-refractivity contribution is -0.163. The minimum atomic E-state index is -4.65. The molecule has 2 atom stereocenters. The predicted octanol–water partition coefficient (Wildman–Crippen LogP) is 3.07. The molecule has 1 fully saturated rings. The highest BCUT2D eigenvalue weighted by Gasteiger charge is 2.43. The van der Waals surface area contributed by atoms with Crippen molar-refractivity contribution in [3.63, 3.8) is 0 Å². The third kappa shape index (κ3) is 4.90. The smallest absolute Gasteiger partial charge is 0.412 e. The quantitative estimate of drug-likeness (QED) is 0.755. The number of furan rings is 1. The summed E-state index contributed by atoms with van der Waals surface area (Å²) in [6.45, 7) is 0. The van der Waals surface area contributed by atoms with Crippen molar-refractivity contribution < 1.29 is 27.2 Å². The molecule has 0 aliphatic carbocycles. The maximum Gasteiger partial charge on any atom is 0.412 e. The van der Waals surface area contributed by atoms with Gasteiger partial charge in [0, 0.05) is 42.8 Å². The number of pyridine rings is 1. The van der Waals surface area contributed by atoms with Gasteiger partial charge in [-0.25, -0.2) is 0 Å². The Balaban J connectivity index is 1.66. The van der Waals surface area contributed by atoms with Crippen molar-refractivity contribution in [3.05, 3.63) is 54.2 Å². The lowest BCUT2D eigenvalue weighted by Crippen LogP contribution is -2.45. The average molecular weight is 395 g/mol. The second-order valence-corrected chi connectivity index (χ2v) is 6.91. The molecule has 3 rings (SSSR count). The Kier molecular flexibility index (Phi) is 5.71. The van der Waals surface area contributed by atoms with E-state index in [9.17, 15) is 22.8 Å². The monoisotopic (exact) mass is 395 g/mol. The van der Waals surface area contributed by atoms with E-state index in [4.69, 9.17) is 4.42 Å². The van der Waals surface area contributed by atoms with Crippen LogP contribution < -0.4 is 10.6 Å². The number of rotatable bonds is 7. The number of alkyl halides is 3. The number of hydrogen-bond donors (Lipinski definition) is 2. The Hall–Kier alpha value is -2.84. The van der Waals surface area contributed by atoms with Gasteiger partial charge in [-0.05, 0) is 31.0 Å². The van der Waals surface area contributed by atoms with Gasteiger partial charge in [-0.15, -0.1) is 0 Å². The Morgan fingerprint density at radius 2 is 2.18 bits per heavy atom. The maximum atomic E-state index is 13.4. The zero-order valence-corrected chi connectivity index (χ0v) is 15.0. The van der Waals surface area contributed by atoms with E-state index in [-0.39, 0.29) is 24.3 Å². The molecule has 150 valence electrons. The molecule has 0 unspecified atom stereocenters. The fraction of sp³-hybridized carbons (Fsp3) is 0.421. The number of carbonyl (C=O) groups excluding carboxylic acids is 2. The first kappa shape index (κ1) is 19.9. The largest absolute Gasteiger partial charge is 0.469 e.